The second-order valence-corrected chi connectivity index (χ2v) is 7.16. The molecule has 0 saturated carbocycles. The van der Waals surface area contributed by atoms with Gasteiger partial charge in [0.1, 0.15) is 12.4 Å². The number of anilines is 1. The van der Waals surface area contributed by atoms with Crippen LogP contribution in [0.2, 0.25) is 5.02 Å². The summed E-state index contributed by atoms with van der Waals surface area (Å²) in [4.78, 5) is 23.8. The molecular formula is C23H17ClF3N3O3. The van der Waals surface area contributed by atoms with Crippen LogP contribution in [0.3, 0.4) is 0 Å². The molecule has 0 heterocycles. The minimum absolute atomic E-state index is 0.167. The number of hydrogen-bond acceptors (Lipinski definition) is 4. The predicted octanol–water partition coefficient (Wildman–Crippen LogP) is 5.03. The van der Waals surface area contributed by atoms with Crippen LogP contribution in [0, 0.1) is 0 Å². The average Bonchev–Trinajstić information content (AvgIpc) is 2.78. The van der Waals surface area contributed by atoms with E-state index in [0.29, 0.717) is 22.9 Å². The van der Waals surface area contributed by atoms with E-state index in [1.165, 1.54) is 12.3 Å². The van der Waals surface area contributed by atoms with Crippen molar-refractivity contribution in [2.24, 2.45) is 5.10 Å². The molecule has 10 heteroatoms. The Morgan fingerprint density at radius 1 is 0.970 bits per heavy atom. The third-order valence-corrected chi connectivity index (χ3v) is 4.46. The molecular weight excluding hydrogens is 459 g/mol. The molecule has 2 N–H and O–H groups in total. The topological polar surface area (TPSA) is 79.8 Å². The van der Waals surface area contributed by atoms with Crippen LogP contribution >= 0.6 is 11.6 Å². The maximum Gasteiger partial charge on any atom is 0.416 e. The Kier molecular flexibility index (Phi) is 7.68. The highest BCUT2D eigenvalue weighted by molar-refractivity contribution is 6.39. The van der Waals surface area contributed by atoms with Gasteiger partial charge in [-0.3, -0.25) is 9.59 Å². The van der Waals surface area contributed by atoms with Crippen LogP contribution in [0.25, 0.3) is 0 Å². The van der Waals surface area contributed by atoms with Gasteiger partial charge in [-0.15, -0.1) is 0 Å². The van der Waals surface area contributed by atoms with Crippen molar-refractivity contribution in [1.29, 1.82) is 0 Å². The van der Waals surface area contributed by atoms with Crippen LogP contribution in [-0.4, -0.2) is 18.0 Å². The van der Waals surface area contributed by atoms with E-state index in [1.807, 2.05) is 17.6 Å². The zero-order valence-electron chi connectivity index (χ0n) is 16.9. The zero-order chi connectivity index (χ0) is 23.8. The Balaban J connectivity index is 1.53. The van der Waals surface area contributed by atoms with E-state index in [2.05, 4.69) is 10.4 Å². The quantitative estimate of drug-likeness (QED) is 0.298. The molecule has 0 fully saturated rings. The second kappa shape index (κ2) is 10.6. The number of carbonyl (C=O) groups is 2. The third-order valence-electron chi connectivity index (χ3n) is 4.21. The summed E-state index contributed by atoms with van der Waals surface area (Å²) in [6, 6.07) is 18.0. The normalized spacial score (nSPS) is 11.3. The van der Waals surface area contributed by atoms with Crippen LogP contribution in [0.5, 0.6) is 5.75 Å². The molecule has 0 aliphatic carbocycles. The van der Waals surface area contributed by atoms with Crippen molar-refractivity contribution in [3.63, 3.8) is 0 Å². The number of hydrazone groups is 1. The first-order chi connectivity index (χ1) is 15.7. The van der Waals surface area contributed by atoms with E-state index in [-0.39, 0.29) is 5.69 Å². The summed E-state index contributed by atoms with van der Waals surface area (Å²) in [5.41, 5.74) is 2.42. The predicted molar refractivity (Wildman–Crippen MR) is 118 cm³/mol. The van der Waals surface area contributed by atoms with Crippen molar-refractivity contribution in [3.05, 3.63) is 94.5 Å². The van der Waals surface area contributed by atoms with Gasteiger partial charge >= 0.3 is 18.0 Å². The van der Waals surface area contributed by atoms with Crippen molar-refractivity contribution in [2.75, 3.05) is 5.32 Å². The molecule has 0 aromatic heterocycles. The van der Waals surface area contributed by atoms with Crippen molar-refractivity contribution in [1.82, 2.24) is 5.43 Å². The van der Waals surface area contributed by atoms with Crippen molar-refractivity contribution < 1.29 is 27.5 Å². The lowest BCUT2D eigenvalue weighted by Crippen LogP contribution is -2.32. The molecule has 0 aliphatic rings. The molecule has 2 amide bonds. The van der Waals surface area contributed by atoms with Gasteiger partial charge in [0.2, 0.25) is 0 Å². The smallest absolute Gasteiger partial charge is 0.416 e. The minimum Gasteiger partial charge on any atom is -0.489 e. The Morgan fingerprint density at radius 2 is 1.70 bits per heavy atom. The van der Waals surface area contributed by atoms with Gasteiger partial charge < -0.3 is 10.1 Å². The van der Waals surface area contributed by atoms with Gasteiger partial charge in [-0.25, -0.2) is 5.43 Å². The Morgan fingerprint density at radius 3 is 2.42 bits per heavy atom. The molecule has 0 bridgehead atoms. The fourth-order valence-corrected chi connectivity index (χ4v) is 2.74. The summed E-state index contributed by atoms with van der Waals surface area (Å²) in [6.45, 7) is 0.324. The highest BCUT2D eigenvalue weighted by Crippen LogP contribution is 2.30. The third kappa shape index (κ3) is 7.36. The SMILES string of the molecule is O=C(N/N=C/c1cccc(OCc2ccc(Cl)cc2)c1)C(=O)Nc1cccc(C(F)(F)F)c1. The summed E-state index contributed by atoms with van der Waals surface area (Å²) < 4.78 is 43.9. The minimum atomic E-state index is -4.57. The highest BCUT2D eigenvalue weighted by Gasteiger charge is 2.30. The number of nitrogens with zero attached hydrogens (tertiary/aromatic N) is 1. The van der Waals surface area contributed by atoms with Crippen LogP contribution in [-0.2, 0) is 22.4 Å². The first-order valence-electron chi connectivity index (χ1n) is 9.50. The molecule has 0 radical (unpaired) electrons. The van der Waals surface area contributed by atoms with Crippen molar-refractivity contribution >= 4 is 35.3 Å². The lowest BCUT2D eigenvalue weighted by atomic mass is 10.2. The number of carbonyl (C=O) groups excluding carboxylic acids is 2. The number of amides is 2. The monoisotopic (exact) mass is 475 g/mol. The van der Waals surface area contributed by atoms with Gasteiger partial charge in [0.25, 0.3) is 0 Å². The maximum atomic E-state index is 12.7. The second-order valence-electron chi connectivity index (χ2n) is 6.72. The van der Waals surface area contributed by atoms with E-state index in [9.17, 15) is 22.8 Å². The molecule has 0 aliphatic heterocycles. The molecule has 170 valence electrons. The van der Waals surface area contributed by atoms with E-state index in [0.717, 1.165) is 23.8 Å². The van der Waals surface area contributed by atoms with Crippen molar-refractivity contribution in [2.45, 2.75) is 12.8 Å². The lowest BCUT2D eigenvalue weighted by molar-refractivity contribution is -0.137. The number of nitrogens with one attached hydrogen (secondary N) is 2. The number of benzene rings is 3. The zero-order valence-corrected chi connectivity index (χ0v) is 17.7. The highest BCUT2D eigenvalue weighted by atomic mass is 35.5. The van der Waals surface area contributed by atoms with Gasteiger partial charge in [-0.1, -0.05) is 41.9 Å². The van der Waals surface area contributed by atoms with E-state index in [1.54, 1.807) is 36.4 Å². The molecule has 0 saturated heterocycles. The van der Waals surface area contributed by atoms with Gasteiger partial charge in [-0.2, -0.15) is 18.3 Å². The molecule has 3 aromatic carbocycles. The maximum absolute atomic E-state index is 12.7. The standard InChI is InChI=1S/C23H17ClF3N3O3/c24-18-9-7-15(8-10-18)14-33-20-6-1-3-16(11-20)13-28-30-22(32)21(31)29-19-5-2-4-17(12-19)23(25,26)27/h1-13H,14H2,(H,29,31)(H,30,32)/b28-13+. The molecule has 6 nitrogen and oxygen atoms in total. The lowest BCUT2D eigenvalue weighted by Gasteiger charge is -2.09. The largest absolute Gasteiger partial charge is 0.489 e. The number of alkyl halides is 3. The fraction of sp³-hybridized carbons (Fsp3) is 0.0870. The number of rotatable bonds is 6. The van der Waals surface area contributed by atoms with Gasteiger partial charge in [-0.05, 0) is 53.6 Å². The van der Waals surface area contributed by atoms with Gasteiger partial charge in [0, 0.05) is 10.7 Å². The van der Waals surface area contributed by atoms with E-state index in [4.69, 9.17) is 16.3 Å². The summed E-state index contributed by atoms with van der Waals surface area (Å²) in [5.74, 6) is -1.74. The molecule has 33 heavy (non-hydrogen) atoms. The molecule has 3 aromatic rings. The van der Waals surface area contributed by atoms with Crippen molar-refractivity contribution in [3.8, 4) is 5.75 Å². The Labute approximate surface area is 192 Å². The number of hydrogen-bond donors (Lipinski definition) is 2. The molecule has 0 unspecified atom stereocenters. The van der Waals surface area contributed by atoms with E-state index < -0.39 is 23.6 Å². The summed E-state index contributed by atoms with van der Waals surface area (Å²) in [6.07, 6.45) is -3.27. The first kappa shape index (κ1) is 23.8. The van der Waals surface area contributed by atoms with Crippen LogP contribution in [0.4, 0.5) is 18.9 Å². The van der Waals surface area contributed by atoms with Gasteiger partial charge in [0.15, 0.2) is 0 Å². The molecule has 0 spiro atoms. The molecule has 0 atom stereocenters. The first-order valence-corrected chi connectivity index (χ1v) is 9.87. The van der Waals surface area contributed by atoms with Crippen LogP contribution in [0.15, 0.2) is 77.9 Å². The van der Waals surface area contributed by atoms with Crippen LogP contribution < -0.4 is 15.5 Å². The van der Waals surface area contributed by atoms with Gasteiger partial charge in [0.05, 0.1) is 11.8 Å². The Bertz CT molecular complexity index is 1170. The average molecular weight is 476 g/mol. The molecule has 3 rings (SSSR count). The number of halogens is 4. The Hall–Kier alpha value is -3.85. The number of ether oxygens (including phenoxy) is 1. The fourth-order valence-electron chi connectivity index (χ4n) is 2.61. The summed E-state index contributed by atoms with van der Waals surface area (Å²) in [5, 5.41) is 6.42. The summed E-state index contributed by atoms with van der Waals surface area (Å²) in [7, 11) is 0. The van der Waals surface area contributed by atoms with Crippen LogP contribution in [0.1, 0.15) is 16.7 Å². The summed E-state index contributed by atoms with van der Waals surface area (Å²) >= 11 is 5.85. The van der Waals surface area contributed by atoms with E-state index >= 15 is 0 Å².